The number of hydrogen-bond donors (Lipinski definition) is 3. The Balaban J connectivity index is 1.02. The summed E-state index contributed by atoms with van der Waals surface area (Å²) < 4.78 is 45.7. The van der Waals surface area contributed by atoms with Crippen molar-refractivity contribution in [3.8, 4) is 22.4 Å². The zero-order valence-electron chi connectivity index (χ0n) is 35.8. The number of carboxylic acids is 1. The predicted octanol–water partition coefficient (Wildman–Crippen LogP) is 9.72. The highest BCUT2D eigenvalue weighted by atomic mass is 35.5. The summed E-state index contributed by atoms with van der Waals surface area (Å²) in [7, 11) is 1.53. The Morgan fingerprint density at radius 2 is 1.59 bits per heavy atom. The second-order valence-corrected chi connectivity index (χ2v) is 19.0. The Morgan fingerprint density at radius 1 is 0.906 bits per heavy atom. The van der Waals surface area contributed by atoms with Crippen LogP contribution in [0.5, 0.6) is 0 Å². The number of anilines is 4. The SMILES string of the molecule is Cc1c(C(=O)O)c(-c2cccc(N3CCN(c4ccc(NS(=O)(=O)c5ccc(N[C@H](CCN(C)C)CSc6ccccc6)c([N+](=O)[O-])c5)cc4)CC3)c2)c(-c2ccc(F)c(Cl)c2)n1C. The summed E-state index contributed by atoms with van der Waals surface area (Å²) in [5.74, 6) is -0.978. The molecule has 3 N–H and O–H groups in total. The fraction of sp³-hybridized carbons (Fsp3) is 0.255. The lowest BCUT2D eigenvalue weighted by atomic mass is 9.96. The lowest BCUT2D eigenvalue weighted by Gasteiger charge is -2.37. The molecule has 1 saturated heterocycles. The summed E-state index contributed by atoms with van der Waals surface area (Å²) in [6, 6.07) is 32.8. The molecule has 0 unspecified atom stereocenters. The van der Waals surface area contributed by atoms with Crippen molar-refractivity contribution in [2.45, 2.75) is 29.2 Å². The molecule has 1 aliphatic heterocycles. The highest BCUT2D eigenvalue weighted by molar-refractivity contribution is 7.99. The third-order valence-electron chi connectivity index (χ3n) is 11.3. The lowest BCUT2D eigenvalue weighted by Crippen LogP contribution is -2.46. The summed E-state index contributed by atoms with van der Waals surface area (Å²) in [6.07, 6.45) is 0.717. The first-order valence-corrected chi connectivity index (χ1v) is 23.4. The number of carbonyl (C=O) groups is 1. The number of halogens is 2. The molecule has 17 heteroatoms. The lowest BCUT2D eigenvalue weighted by molar-refractivity contribution is -0.384. The molecule has 0 aliphatic carbocycles. The van der Waals surface area contributed by atoms with E-state index in [4.69, 9.17) is 11.6 Å². The van der Waals surface area contributed by atoms with Gasteiger partial charge in [-0.05, 0) is 118 Å². The van der Waals surface area contributed by atoms with Crippen molar-refractivity contribution < 1.29 is 27.6 Å². The number of carboxylic acid groups (broad SMARTS) is 1. The van der Waals surface area contributed by atoms with Crippen LogP contribution < -0.4 is 19.8 Å². The minimum Gasteiger partial charge on any atom is -0.478 e. The van der Waals surface area contributed by atoms with E-state index in [0.717, 1.165) is 35.3 Å². The first kappa shape index (κ1) is 45.9. The molecule has 6 aromatic rings. The Bertz CT molecular complexity index is 2760. The topological polar surface area (TPSA) is 153 Å². The maximum atomic E-state index is 14.1. The van der Waals surface area contributed by atoms with Gasteiger partial charge in [-0.3, -0.25) is 14.8 Å². The minimum atomic E-state index is -4.18. The van der Waals surface area contributed by atoms with Crippen molar-refractivity contribution >= 4 is 67.8 Å². The van der Waals surface area contributed by atoms with Gasteiger partial charge >= 0.3 is 5.97 Å². The molecule has 1 fully saturated rings. The summed E-state index contributed by atoms with van der Waals surface area (Å²) >= 11 is 7.81. The first-order chi connectivity index (χ1) is 30.6. The monoisotopic (exact) mass is 925 g/mol. The van der Waals surface area contributed by atoms with Gasteiger partial charge in [0.1, 0.15) is 11.5 Å². The van der Waals surface area contributed by atoms with Crippen LogP contribution in [0, 0.1) is 22.9 Å². The summed E-state index contributed by atoms with van der Waals surface area (Å²) in [5, 5.41) is 25.9. The second-order valence-electron chi connectivity index (χ2n) is 15.8. The number of benzene rings is 5. The van der Waals surface area contributed by atoms with Crippen LogP contribution in [0.4, 0.5) is 32.8 Å². The third-order valence-corrected chi connectivity index (χ3v) is 14.2. The number of nitrogens with zero attached hydrogens (tertiary/aromatic N) is 5. The van der Waals surface area contributed by atoms with Crippen molar-refractivity contribution in [1.82, 2.24) is 9.47 Å². The molecule has 0 spiro atoms. The number of nitrogens with one attached hydrogen (secondary N) is 2. The van der Waals surface area contributed by atoms with E-state index < -0.39 is 26.7 Å². The number of hydrogen-bond acceptors (Lipinski definition) is 10. The molecule has 1 aromatic heterocycles. The molecule has 13 nitrogen and oxygen atoms in total. The summed E-state index contributed by atoms with van der Waals surface area (Å²) in [6.45, 7) is 5.13. The van der Waals surface area contributed by atoms with Crippen molar-refractivity contribution in [3.63, 3.8) is 0 Å². The van der Waals surface area contributed by atoms with Crippen LogP contribution in [-0.2, 0) is 17.1 Å². The maximum Gasteiger partial charge on any atom is 0.338 e. The number of aromatic carboxylic acids is 1. The molecule has 1 atom stereocenters. The minimum absolute atomic E-state index is 0.0566. The molecule has 1 aliphatic rings. The van der Waals surface area contributed by atoms with E-state index in [1.807, 2.05) is 85.7 Å². The Morgan fingerprint density at radius 3 is 2.23 bits per heavy atom. The Labute approximate surface area is 381 Å². The average molecular weight is 927 g/mol. The van der Waals surface area contributed by atoms with Crippen LogP contribution in [0.2, 0.25) is 5.02 Å². The zero-order chi connectivity index (χ0) is 45.7. The molecule has 0 amide bonds. The van der Waals surface area contributed by atoms with E-state index in [-0.39, 0.29) is 32.9 Å². The fourth-order valence-electron chi connectivity index (χ4n) is 7.86. The highest BCUT2D eigenvalue weighted by Crippen LogP contribution is 2.41. The van der Waals surface area contributed by atoms with E-state index in [1.165, 1.54) is 24.3 Å². The van der Waals surface area contributed by atoms with E-state index in [9.17, 15) is 32.8 Å². The number of nitro benzene ring substituents is 1. The molecule has 64 heavy (non-hydrogen) atoms. The summed E-state index contributed by atoms with van der Waals surface area (Å²) in [5.41, 5.74) is 5.18. The highest BCUT2D eigenvalue weighted by Gasteiger charge is 2.28. The Hall–Kier alpha value is -6.07. The van der Waals surface area contributed by atoms with Gasteiger partial charge in [-0.25, -0.2) is 17.6 Å². The molecule has 0 radical (unpaired) electrons. The van der Waals surface area contributed by atoms with Crippen LogP contribution in [0.25, 0.3) is 22.4 Å². The summed E-state index contributed by atoms with van der Waals surface area (Å²) in [4.78, 5) is 31.6. The van der Waals surface area contributed by atoms with Crippen LogP contribution in [0.1, 0.15) is 22.5 Å². The smallest absolute Gasteiger partial charge is 0.338 e. The van der Waals surface area contributed by atoms with E-state index in [1.54, 1.807) is 48.5 Å². The first-order valence-electron chi connectivity index (χ1n) is 20.6. The van der Waals surface area contributed by atoms with Gasteiger partial charge in [-0.15, -0.1) is 11.8 Å². The van der Waals surface area contributed by atoms with Crippen LogP contribution in [-0.4, -0.2) is 92.5 Å². The Kier molecular flexibility index (Phi) is 14.2. The van der Waals surface area contributed by atoms with Gasteiger partial charge in [0, 0.05) is 89.9 Å². The number of aromatic nitrogens is 1. The van der Waals surface area contributed by atoms with Gasteiger partial charge < -0.3 is 29.7 Å². The largest absolute Gasteiger partial charge is 0.478 e. The average Bonchev–Trinajstić information content (AvgIpc) is 3.55. The number of nitro groups is 1. The van der Waals surface area contributed by atoms with E-state index in [2.05, 4.69) is 19.8 Å². The van der Waals surface area contributed by atoms with Gasteiger partial charge in [0.05, 0.1) is 26.1 Å². The normalized spacial score (nSPS) is 13.5. The van der Waals surface area contributed by atoms with Gasteiger partial charge in [0.25, 0.3) is 15.7 Å². The standard InChI is InChI=1S/C47H49ClFN7O6S2/c1-31-44(47(57)58)45(46(53(31)4)33-13-19-41(49)40(48)28-33)32-9-8-10-37(27-32)55-25-23-54(24-26-55)36-16-14-34(15-17-36)51-64(61,62)39-18-20-42(43(29-39)56(59)60)50-35(21-22-52(2)3)30-63-38-11-6-5-7-12-38/h5-20,27-29,35,50-51H,21-26,30H2,1-4H3,(H,57,58)/t35-/m1/s1. The maximum absolute atomic E-state index is 14.1. The molecule has 5 aromatic carbocycles. The van der Waals surface area contributed by atoms with Crippen molar-refractivity contribution in [2.75, 3.05) is 72.4 Å². The zero-order valence-corrected chi connectivity index (χ0v) is 38.2. The van der Waals surface area contributed by atoms with Crippen molar-refractivity contribution in [3.05, 3.63) is 147 Å². The number of piperazine rings is 1. The molecule has 7 rings (SSSR count). The van der Waals surface area contributed by atoms with Crippen LogP contribution >= 0.6 is 23.4 Å². The fourth-order valence-corrected chi connectivity index (χ4v) is 10.1. The van der Waals surface area contributed by atoms with Gasteiger partial charge in [0.15, 0.2) is 0 Å². The molecular formula is C47H49ClFN7O6S2. The molecule has 2 heterocycles. The van der Waals surface area contributed by atoms with E-state index >= 15 is 0 Å². The van der Waals surface area contributed by atoms with Gasteiger partial charge in [0.2, 0.25) is 0 Å². The van der Waals surface area contributed by atoms with E-state index in [0.29, 0.717) is 65.7 Å². The third kappa shape index (κ3) is 10.5. The molecule has 0 saturated carbocycles. The number of rotatable bonds is 17. The van der Waals surface area contributed by atoms with Crippen LogP contribution in [0.3, 0.4) is 0 Å². The molecule has 0 bridgehead atoms. The van der Waals surface area contributed by atoms with Gasteiger partial charge in [-0.2, -0.15) is 0 Å². The molecular weight excluding hydrogens is 877 g/mol. The van der Waals surface area contributed by atoms with Crippen molar-refractivity contribution in [1.29, 1.82) is 0 Å². The van der Waals surface area contributed by atoms with Gasteiger partial charge in [-0.1, -0.05) is 41.9 Å². The van der Waals surface area contributed by atoms with Crippen molar-refractivity contribution in [2.24, 2.45) is 7.05 Å². The molecule has 334 valence electrons. The predicted molar refractivity (Wildman–Crippen MR) is 255 cm³/mol. The quantitative estimate of drug-likeness (QED) is 0.0455. The number of thioether (sulfide) groups is 1. The van der Waals surface area contributed by atoms with Crippen LogP contribution in [0.15, 0.2) is 125 Å². The second kappa shape index (κ2) is 19.8. The number of sulfonamides is 1.